The van der Waals surface area contributed by atoms with Crippen LogP contribution in [-0.4, -0.2) is 26.6 Å². The van der Waals surface area contributed by atoms with E-state index in [9.17, 15) is 0 Å². The lowest BCUT2D eigenvalue weighted by Crippen LogP contribution is -2.08. The van der Waals surface area contributed by atoms with Crippen LogP contribution in [-0.2, 0) is 4.74 Å². The zero-order valence-electron chi connectivity index (χ0n) is 10.7. The van der Waals surface area contributed by atoms with Gasteiger partial charge in [0.25, 0.3) is 0 Å². The molecule has 0 aromatic heterocycles. The van der Waals surface area contributed by atoms with Crippen molar-refractivity contribution in [1.82, 2.24) is 0 Å². The number of hydrogen-bond acceptors (Lipinski definition) is 4. The molecular weight excluding hydrogens is 234 g/mol. The van der Waals surface area contributed by atoms with Crippen molar-refractivity contribution in [2.45, 2.75) is 24.3 Å². The molecule has 0 aliphatic heterocycles. The lowest BCUT2D eigenvalue weighted by atomic mass is 10.1. The highest BCUT2D eigenvalue weighted by atomic mass is 32.2. The molecule has 0 heterocycles. The summed E-state index contributed by atoms with van der Waals surface area (Å²) in [6, 6.07) is 6.04. The summed E-state index contributed by atoms with van der Waals surface area (Å²) in [7, 11) is 3.41. The molecule has 0 bridgehead atoms. The Labute approximate surface area is 108 Å². The molecule has 0 saturated carbocycles. The third-order valence-electron chi connectivity index (χ3n) is 2.45. The molecular formula is C13H21NO2S. The third-order valence-corrected chi connectivity index (χ3v) is 3.61. The van der Waals surface area contributed by atoms with Crippen molar-refractivity contribution in [3.8, 4) is 5.75 Å². The lowest BCUT2D eigenvalue weighted by molar-refractivity contribution is 0.200. The smallest absolute Gasteiger partial charge is 0.124 e. The molecule has 0 aliphatic rings. The van der Waals surface area contributed by atoms with E-state index in [-0.39, 0.29) is 6.04 Å². The van der Waals surface area contributed by atoms with Crippen LogP contribution in [0.4, 0.5) is 0 Å². The van der Waals surface area contributed by atoms with Gasteiger partial charge in [-0.3, -0.25) is 0 Å². The van der Waals surface area contributed by atoms with Crippen molar-refractivity contribution >= 4 is 11.8 Å². The van der Waals surface area contributed by atoms with E-state index in [0.29, 0.717) is 0 Å². The highest BCUT2D eigenvalue weighted by Crippen LogP contribution is 2.34. The first-order valence-corrected chi connectivity index (χ1v) is 6.73. The van der Waals surface area contributed by atoms with Gasteiger partial charge < -0.3 is 15.2 Å². The van der Waals surface area contributed by atoms with Gasteiger partial charge in [-0.15, -0.1) is 11.8 Å². The van der Waals surface area contributed by atoms with Gasteiger partial charge in [-0.25, -0.2) is 0 Å². The van der Waals surface area contributed by atoms with Crippen molar-refractivity contribution in [2.24, 2.45) is 5.73 Å². The van der Waals surface area contributed by atoms with Crippen LogP contribution in [0, 0.1) is 0 Å². The zero-order valence-corrected chi connectivity index (χ0v) is 11.5. The monoisotopic (exact) mass is 255 g/mol. The normalized spacial score (nSPS) is 12.5. The molecule has 0 aliphatic carbocycles. The summed E-state index contributed by atoms with van der Waals surface area (Å²) >= 11 is 1.80. The summed E-state index contributed by atoms with van der Waals surface area (Å²) in [6.45, 7) is 2.78. The maximum atomic E-state index is 6.00. The molecule has 1 aromatic rings. The number of benzene rings is 1. The molecule has 3 nitrogen and oxygen atoms in total. The highest BCUT2D eigenvalue weighted by Gasteiger charge is 2.12. The fourth-order valence-electron chi connectivity index (χ4n) is 1.66. The van der Waals surface area contributed by atoms with E-state index in [1.54, 1.807) is 26.0 Å². The maximum Gasteiger partial charge on any atom is 0.124 e. The molecule has 0 unspecified atom stereocenters. The van der Waals surface area contributed by atoms with Gasteiger partial charge in [0, 0.05) is 36.0 Å². The molecule has 0 amide bonds. The summed E-state index contributed by atoms with van der Waals surface area (Å²) in [5.41, 5.74) is 7.10. The molecule has 17 heavy (non-hydrogen) atoms. The molecule has 0 fully saturated rings. The number of hydrogen-bond donors (Lipinski definition) is 1. The predicted molar refractivity (Wildman–Crippen MR) is 72.8 cm³/mol. The summed E-state index contributed by atoms with van der Waals surface area (Å²) in [5.74, 6) is 1.90. The van der Waals surface area contributed by atoms with Gasteiger partial charge in [0.1, 0.15) is 5.75 Å². The van der Waals surface area contributed by atoms with E-state index in [2.05, 4.69) is 6.07 Å². The van der Waals surface area contributed by atoms with Gasteiger partial charge in [-0.05, 0) is 25.5 Å². The van der Waals surface area contributed by atoms with Gasteiger partial charge >= 0.3 is 0 Å². The first-order valence-electron chi connectivity index (χ1n) is 5.75. The minimum atomic E-state index is -0.0175. The molecule has 2 N–H and O–H groups in total. The Hall–Kier alpha value is -0.710. The summed E-state index contributed by atoms with van der Waals surface area (Å²) in [4.78, 5) is 1.20. The Bertz CT molecular complexity index is 342. The largest absolute Gasteiger partial charge is 0.496 e. The van der Waals surface area contributed by atoms with E-state index in [4.69, 9.17) is 15.2 Å². The van der Waals surface area contributed by atoms with Crippen molar-refractivity contribution in [2.75, 3.05) is 26.6 Å². The van der Waals surface area contributed by atoms with Crippen LogP contribution in [0.15, 0.2) is 23.1 Å². The van der Waals surface area contributed by atoms with Crippen LogP contribution >= 0.6 is 11.8 Å². The summed E-state index contributed by atoms with van der Waals surface area (Å²) in [6.07, 6.45) is 1.04. The van der Waals surface area contributed by atoms with Crippen molar-refractivity contribution in [3.63, 3.8) is 0 Å². The summed E-state index contributed by atoms with van der Waals surface area (Å²) in [5, 5.41) is 0. The molecule has 1 aromatic carbocycles. The lowest BCUT2D eigenvalue weighted by Gasteiger charge is -2.16. The van der Waals surface area contributed by atoms with Gasteiger partial charge in [-0.2, -0.15) is 0 Å². The third kappa shape index (κ3) is 4.22. The number of thioether (sulfide) groups is 1. The molecule has 0 spiro atoms. The van der Waals surface area contributed by atoms with E-state index >= 15 is 0 Å². The Morgan fingerprint density at radius 3 is 2.71 bits per heavy atom. The van der Waals surface area contributed by atoms with Crippen molar-refractivity contribution < 1.29 is 9.47 Å². The van der Waals surface area contributed by atoms with Crippen LogP contribution in [0.25, 0.3) is 0 Å². The number of nitrogens with two attached hydrogens (primary N) is 1. The van der Waals surface area contributed by atoms with E-state index in [1.807, 2.05) is 19.1 Å². The first-order chi connectivity index (χ1) is 8.20. The first kappa shape index (κ1) is 14.4. The predicted octanol–water partition coefficient (Wildman–Crippen LogP) is 2.84. The minimum absolute atomic E-state index is 0.0175. The van der Waals surface area contributed by atoms with Crippen molar-refractivity contribution in [3.05, 3.63) is 23.8 Å². The molecule has 0 radical (unpaired) electrons. The zero-order chi connectivity index (χ0) is 12.7. The van der Waals surface area contributed by atoms with Gasteiger partial charge in [0.15, 0.2) is 0 Å². The topological polar surface area (TPSA) is 44.5 Å². The average molecular weight is 255 g/mol. The van der Waals surface area contributed by atoms with Crippen LogP contribution in [0.1, 0.15) is 24.9 Å². The number of ether oxygens (including phenoxy) is 2. The second kappa shape index (κ2) is 7.58. The highest BCUT2D eigenvalue weighted by molar-refractivity contribution is 7.99. The van der Waals surface area contributed by atoms with E-state index in [1.165, 1.54) is 4.90 Å². The fourth-order valence-corrected chi connectivity index (χ4v) is 2.76. The Morgan fingerprint density at radius 1 is 1.35 bits per heavy atom. The average Bonchev–Trinajstić information content (AvgIpc) is 2.33. The second-order valence-corrected chi connectivity index (χ2v) is 4.99. The van der Waals surface area contributed by atoms with Crippen LogP contribution in [0.3, 0.4) is 0 Å². The van der Waals surface area contributed by atoms with Gasteiger partial charge in [0.2, 0.25) is 0 Å². The Balaban J connectivity index is 2.76. The van der Waals surface area contributed by atoms with Gasteiger partial charge in [-0.1, -0.05) is 6.07 Å². The van der Waals surface area contributed by atoms with Crippen LogP contribution in [0.5, 0.6) is 5.75 Å². The molecule has 96 valence electrons. The second-order valence-electron chi connectivity index (χ2n) is 3.86. The Morgan fingerprint density at radius 2 is 2.12 bits per heavy atom. The molecule has 1 atom stereocenters. The van der Waals surface area contributed by atoms with Crippen LogP contribution < -0.4 is 10.5 Å². The molecule has 0 saturated heterocycles. The molecule has 1 rings (SSSR count). The maximum absolute atomic E-state index is 6.00. The van der Waals surface area contributed by atoms with Crippen LogP contribution in [0.2, 0.25) is 0 Å². The van der Waals surface area contributed by atoms with E-state index in [0.717, 1.165) is 30.1 Å². The quantitative estimate of drug-likeness (QED) is 0.601. The minimum Gasteiger partial charge on any atom is -0.496 e. The number of methoxy groups -OCH3 is 2. The number of rotatable bonds is 7. The standard InChI is InChI=1S/C13H21NO2S/c1-10(14)13-11(16-3)6-4-7-12(13)17-9-5-8-15-2/h4,6-7,10H,5,8-9,14H2,1-3H3/t10-/m0/s1. The molecule has 4 heteroatoms. The van der Waals surface area contributed by atoms with E-state index < -0.39 is 0 Å². The van der Waals surface area contributed by atoms with Gasteiger partial charge in [0.05, 0.1) is 7.11 Å². The SMILES string of the molecule is COCCCSc1cccc(OC)c1[C@H](C)N. The van der Waals surface area contributed by atoms with Crippen molar-refractivity contribution in [1.29, 1.82) is 0 Å². The Kier molecular flexibility index (Phi) is 6.40. The fraction of sp³-hybridized carbons (Fsp3) is 0.538. The summed E-state index contributed by atoms with van der Waals surface area (Å²) < 4.78 is 10.4.